The van der Waals surface area contributed by atoms with Crippen LogP contribution in [0.3, 0.4) is 0 Å². The molecule has 0 atom stereocenters. The Balaban J connectivity index is 1.95. The molecule has 4 heteroatoms. The smallest absolute Gasteiger partial charge is 0.262 e. The zero-order valence-corrected chi connectivity index (χ0v) is 13.1. The SMILES string of the molecule is Cc1cccc(OCC(=O)Nc2ccccc2OC(C)C)c1. The van der Waals surface area contributed by atoms with E-state index in [2.05, 4.69) is 5.32 Å². The second-order valence-electron chi connectivity index (χ2n) is 5.32. The molecule has 0 spiro atoms. The van der Waals surface area contributed by atoms with Gasteiger partial charge in [-0.1, -0.05) is 24.3 Å². The molecule has 0 aliphatic heterocycles. The van der Waals surface area contributed by atoms with Crippen molar-refractivity contribution in [3.63, 3.8) is 0 Å². The highest BCUT2D eigenvalue weighted by molar-refractivity contribution is 5.93. The van der Waals surface area contributed by atoms with E-state index in [4.69, 9.17) is 9.47 Å². The summed E-state index contributed by atoms with van der Waals surface area (Å²) in [6.45, 7) is 5.82. The molecule has 0 bridgehead atoms. The molecule has 22 heavy (non-hydrogen) atoms. The van der Waals surface area contributed by atoms with Crippen LogP contribution in [0.4, 0.5) is 5.69 Å². The maximum Gasteiger partial charge on any atom is 0.262 e. The fraction of sp³-hybridized carbons (Fsp3) is 0.278. The Labute approximate surface area is 131 Å². The Hall–Kier alpha value is -2.49. The van der Waals surface area contributed by atoms with Gasteiger partial charge in [-0.25, -0.2) is 0 Å². The molecule has 0 saturated carbocycles. The van der Waals surface area contributed by atoms with Crippen LogP contribution in [0.15, 0.2) is 48.5 Å². The highest BCUT2D eigenvalue weighted by atomic mass is 16.5. The zero-order valence-electron chi connectivity index (χ0n) is 13.1. The van der Waals surface area contributed by atoms with Crippen LogP contribution in [0.25, 0.3) is 0 Å². The quantitative estimate of drug-likeness (QED) is 0.882. The minimum atomic E-state index is -0.221. The van der Waals surface area contributed by atoms with Gasteiger partial charge in [0.1, 0.15) is 11.5 Å². The number of ether oxygens (including phenoxy) is 2. The number of para-hydroxylation sites is 2. The Kier molecular flexibility index (Phi) is 5.42. The van der Waals surface area contributed by atoms with Gasteiger partial charge in [-0.15, -0.1) is 0 Å². The zero-order chi connectivity index (χ0) is 15.9. The number of carbonyl (C=O) groups excluding carboxylic acids is 1. The lowest BCUT2D eigenvalue weighted by Crippen LogP contribution is -2.21. The number of amides is 1. The third-order valence-electron chi connectivity index (χ3n) is 2.88. The van der Waals surface area contributed by atoms with Crippen LogP contribution in [0.5, 0.6) is 11.5 Å². The molecule has 0 saturated heterocycles. The standard InChI is InChI=1S/C18H21NO3/c1-13(2)22-17-10-5-4-9-16(17)19-18(20)12-21-15-8-6-7-14(3)11-15/h4-11,13H,12H2,1-3H3,(H,19,20). The lowest BCUT2D eigenvalue weighted by Gasteiger charge is -2.15. The van der Waals surface area contributed by atoms with Gasteiger partial charge < -0.3 is 14.8 Å². The molecule has 0 heterocycles. The van der Waals surface area contributed by atoms with Crippen molar-refractivity contribution in [1.29, 1.82) is 0 Å². The van der Waals surface area contributed by atoms with Crippen molar-refractivity contribution < 1.29 is 14.3 Å². The maximum atomic E-state index is 12.0. The van der Waals surface area contributed by atoms with Gasteiger partial charge in [0.05, 0.1) is 11.8 Å². The van der Waals surface area contributed by atoms with E-state index in [-0.39, 0.29) is 18.6 Å². The first-order valence-corrected chi connectivity index (χ1v) is 7.29. The average Bonchev–Trinajstić information content (AvgIpc) is 2.47. The molecule has 4 nitrogen and oxygen atoms in total. The largest absolute Gasteiger partial charge is 0.489 e. The number of anilines is 1. The molecule has 2 aromatic carbocycles. The molecule has 0 aliphatic rings. The second kappa shape index (κ2) is 7.50. The molecule has 0 aliphatic carbocycles. The fourth-order valence-corrected chi connectivity index (χ4v) is 1.97. The summed E-state index contributed by atoms with van der Waals surface area (Å²) in [5, 5.41) is 2.81. The number of aryl methyl sites for hydroxylation is 1. The molecule has 0 aromatic heterocycles. The Bertz CT molecular complexity index is 638. The topological polar surface area (TPSA) is 47.6 Å². The van der Waals surface area contributed by atoms with Crippen molar-refractivity contribution >= 4 is 11.6 Å². The van der Waals surface area contributed by atoms with E-state index in [1.165, 1.54) is 0 Å². The lowest BCUT2D eigenvalue weighted by molar-refractivity contribution is -0.118. The molecule has 0 unspecified atom stereocenters. The molecular weight excluding hydrogens is 278 g/mol. The third-order valence-corrected chi connectivity index (χ3v) is 2.88. The van der Waals surface area contributed by atoms with Crippen molar-refractivity contribution in [2.24, 2.45) is 0 Å². The van der Waals surface area contributed by atoms with E-state index >= 15 is 0 Å². The first-order valence-electron chi connectivity index (χ1n) is 7.29. The number of benzene rings is 2. The van der Waals surface area contributed by atoms with Crippen molar-refractivity contribution in [2.45, 2.75) is 26.9 Å². The summed E-state index contributed by atoms with van der Waals surface area (Å²) in [5.41, 5.74) is 1.74. The van der Waals surface area contributed by atoms with E-state index in [0.717, 1.165) is 5.56 Å². The Morgan fingerprint density at radius 3 is 2.64 bits per heavy atom. The van der Waals surface area contributed by atoms with E-state index < -0.39 is 0 Å². The summed E-state index contributed by atoms with van der Waals surface area (Å²) in [6, 6.07) is 15.0. The number of hydrogen-bond acceptors (Lipinski definition) is 3. The summed E-state index contributed by atoms with van der Waals surface area (Å²) in [7, 11) is 0. The van der Waals surface area contributed by atoms with Crippen LogP contribution >= 0.6 is 0 Å². The van der Waals surface area contributed by atoms with Gasteiger partial charge in [0.15, 0.2) is 6.61 Å². The minimum Gasteiger partial charge on any atom is -0.489 e. The normalized spacial score (nSPS) is 10.4. The fourth-order valence-electron chi connectivity index (χ4n) is 1.97. The Morgan fingerprint density at radius 1 is 1.14 bits per heavy atom. The van der Waals surface area contributed by atoms with Crippen molar-refractivity contribution in [3.05, 3.63) is 54.1 Å². The first-order chi connectivity index (χ1) is 10.5. The van der Waals surface area contributed by atoms with Gasteiger partial charge in [-0.05, 0) is 50.6 Å². The predicted octanol–water partition coefficient (Wildman–Crippen LogP) is 3.80. The van der Waals surface area contributed by atoms with E-state index in [0.29, 0.717) is 17.2 Å². The molecule has 1 N–H and O–H groups in total. The summed E-state index contributed by atoms with van der Waals surface area (Å²) >= 11 is 0. The summed E-state index contributed by atoms with van der Waals surface area (Å²) < 4.78 is 11.2. The minimum absolute atomic E-state index is 0.0422. The molecule has 2 aromatic rings. The first kappa shape index (κ1) is 15.9. The van der Waals surface area contributed by atoms with Crippen molar-refractivity contribution in [2.75, 3.05) is 11.9 Å². The highest BCUT2D eigenvalue weighted by Gasteiger charge is 2.09. The van der Waals surface area contributed by atoms with Crippen LogP contribution in [0.1, 0.15) is 19.4 Å². The number of carbonyl (C=O) groups is 1. The lowest BCUT2D eigenvalue weighted by atomic mass is 10.2. The second-order valence-corrected chi connectivity index (χ2v) is 5.32. The number of hydrogen-bond donors (Lipinski definition) is 1. The van der Waals surface area contributed by atoms with Gasteiger partial charge >= 0.3 is 0 Å². The van der Waals surface area contributed by atoms with E-state index in [9.17, 15) is 4.79 Å². The van der Waals surface area contributed by atoms with Crippen LogP contribution in [0, 0.1) is 6.92 Å². The van der Waals surface area contributed by atoms with Gasteiger partial charge in [0, 0.05) is 0 Å². The molecular formula is C18H21NO3. The van der Waals surface area contributed by atoms with Gasteiger partial charge in [0.25, 0.3) is 5.91 Å². The average molecular weight is 299 g/mol. The molecule has 2 rings (SSSR count). The summed E-state index contributed by atoms with van der Waals surface area (Å²) in [5.74, 6) is 1.12. The molecule has 1 amide bonds. The Morgan fingerprint density at radius 2 is 1.91 bits per heavy atom. The van der Waals surface area contributed by atoms with Gasteiger partial charge in [-0.3, -0.25) is 4.79 Å². The third kappa shape index (κ3) is 4.81. The van der Waals surface area contributed by atoms with Gasteiger partial charge in [-0.2, -0.15) is 0 Å². The van der Waals surface area contributed by atoms with Crippen LogP contribution in [-0.2, 0) is 4.79 Å². The van der Waals surface area contributed by atoms with Crippen molar-refractivity contribution in [3.8, 4) is 11.5 Å². The highest BCUT2D eigenvalue weighted by Crippen LogP contribution is 2.24. The monoisotopic (exact) mass is 299 g/mol. The number of nitrogens with one attached hydrogen (secondary N) is 1. The van der Waals surface area contributed by atoms with Gasteiger partial charge in [0.2, 0.25) is 0 Å². The summed E-state index contributed by atoms with van der Waals surface area (Å²) in [6.07, 6.45) is 0.0431. The van der Waals surface area contributed by atoms with Crippen LogP contribution in [-0.4, -0.2) is 18.6 Å². The maximum absolute atomic E-state index is 12.0. The molecule has 116 valence electrons. The molecule has 0 radical (unpaired) electrons. The summed E-state index contributed by atoms with van der Waals surface area (Å²) in [4.78, 5) is 12.0. The van der Waals surface area contributed by atoms with Crippen LogP contribution < -0.4 is 14.8 Å². The number of rotatable bonds is 6. The predicted molar refractivity (Wildman–Crippen MR) is 87.5 cm³/mol. The van der Waals surface area contributed by atoms with Crippen molar-refractivity contribution in [1.82, 2.24) is 0 Å². The molecule has 0 fully saturated rings. The van der Waals surface area contributed by atoms with E-state index in [1.807, 2.05) is 69.3 Å². The van der Waals surface area contributed by atoms with E-state index in [1.54, 1.807) is 0 Å². The van der Waals surface area contributed by atoms with Crippen LogP contribution in [0.2, 0.25) is 0 Å².